The molecule has 1 heterocycles. The average Bonchev–Trinajstić information content (AvgIpc) is 3.17. The third kappa shape index (κ3) is 5.28. The van der Waals surface area contributed by atoms with Gasteiger partial charge in [0.2, 0.25) is 13.4 Å². The molecule has 8 nitrogen and oxygen atoms in total. The van der Waals surface area contributed by atoms with E-state index in [1.165, 1.54) is 0 Å². The van der Waals surface area contributed by atoms with E-state index in [4.69, 9.17) is 19.0 Å². The second-order valence-electron chi connectivity index (χ2n) is 7.00. The Kier molecular flexibility index (Phi) is 6.56. The van der Waals surface area contributed by atoms with Gasteiger partial charge in [-0.3, -0.25) is 4.79 Å². The van der Waals surface area contributed by atoms with Crippen LogP contribution in [0.5, 0.6) is 11.5 Å². The molecule has 30 heavy (non-hydrogen) atoms. The van der Waals surface area contributed by atoms with Crippen LogP contribution in [0, 0.1) is 20.8 Å². The molecule has 0 bridgehead atoms. The highest BCUT2D eigenvalue weighted by molar-refractivity contribution is 5.99. The van der Waals surface area contributed by atoms with Gasteiger partial charge < -0.3 is 24.4 Å². The number of oxime groups is 1. The van der Waals surface area contributed by atoms with Crippen molar-refractivity contribution in [1.82, 2.24) is 0 Å². The molecule has 3 rings (SSSR count). The van der Waals surface area contributed by atoms with Crippen LogP contribution in [-0.2, 0) is 19.2 Å². The number of aryl methyl sites for hydroxylation is 3. The van der Waals surface area contributed by atoms with Crippen molar-refractivity contribution < 1.29 is 28.6 Å². The Morgan fingerprint density at radius 3 is 2.47 bits per heavy atom. The largest absolute Gasteiger partial charge is 0.454 e. The summed E-state index contributed by atoms with van der Waals surface area (Å²) in [6, 6.07) is 9.32. The normalized spacial score (nSPS) is 12.5. The van der Waals surface area contributed by atoms with Crippen molar-refractivity contribution in [3.63, 3.8) is 0 Å². The molecule has 158 valence electrons. The molecule has 0 fully saturated rings. The van der Waals surface area contributed by atoms with E-state index in [9.17, 15) is 9.59 Å². The predicted molar refractivity (Wildman–Crippen MR) is 111 cm³/mol. The van der Waals surface area contributed by atoms with Crippen molar-refractivity contribution in [3.05, 3.63) is 52.6 Å². The predicted octanol–water partition coefficient (Wildman–Crippen LogP) is 3.26. The maximum absolute atomic E-state index is 12.1. The summed E-state index contributed by atoms with van der Waals surface area (Å²) in [7, 11) is 0. The van der Waals surface area contributed by atoms with E-state index in [1.807, 2.05) is 39.0 Å². The van der Waals surface area contributed by atoms with E-state index in [0.717, 1.165) is 27.9 Å². The van der Waals surface area contributed by atoms with Gasteiger partial charge in [-0.2, -0.15) is 0 Å². The fourth-order valence-electron chi connectivity index (χ4n) is 3.10. The number of anilines is 1. The van der Waals surface area contributed by atoms with Gasteiger partial charge in [0.05, 0.1) is 5.71 Å². The number of amides is 1. The van der Waals surface area contributed by atoms with Crippen LogP contribution in [0.15, 0.2) is 35.5 Å². The van der Waals surface area contributed by atoms with Crippen molar-refractivity contribution in [2.24, 2.45) is 5.16 Å². The Labute approximate surface area is 174 Å². The summed E-state index contributed by atoms with van der Waals surface area (Å²) in [6.07, 6.45) is 0. The van der Waals surface area contributed by atoms with E-state index >= 15 is 0 Å². The molecule has 8 heteroatoms. The lowest BCUT2D eigenvalue weighted by atomic mass is 10.1. The van der Waals surface area contributed by atoms with E-state index in [-0.39, 0.29) is 6.79 Å². The summed E-state index contributed by atoms with van der Waals surface area (Å²) in [4.78, 5) is 28.9. The molecular weight excluding hydrogens is 388 g/mol. The maximum Gasteiger partial charge on any atom is 0.347 e. The minimum atomic E-state index is -0.690. The number of fused-ring (bicyclic) bond motifs is 1. The summed E-state index contributed by atoms with van der Waals surface area (Å²) in [5.74, 6) is 0.194. The molecular formula is C22H24N2O6. The maximum atomic E-state index is 12.1. The van der Waals surface area contributed by atoms with Crippen LogP contribution in [0.2, 0.25) is 0 Å². The number of benzene rings is 2. The number of carbonyl (C=O) groups is 2. The first-order valence-corrected chi connectivity index (χ1v) is 9.43. The van der Waals surface area contributed by atoms with Crippen LogP contribution in [0.4, 0.5) is 5.69 Å². The van der Waals surface area contributed by atoms with Crippen LogP contribution in [-0.4, -0.2) is 37.6 Å². The van der Waals surface area contributed by atoms with Crippen LogP contribution in [0.3, 0.4) is 0 Å². The fraction of sp³-hybridized carbons (Fsp3) is 0.318. The Bertz CT molecular complexity index is 976. The van der Waals surface area contributed by atoms with Crippen LogP contribution in [0.25, 0.3) is 0 Å². The molecule has 0 aliphatic carbocycles. The van der Waals surface area contributed by atoms with Crippen LogP contribution in [0.1, 0.15) is 29.2 Å². The summed E-state index contributed by atoms with van der Waals surface area (Å²) in [6.45, 7) is 6.93. The van der Waals surface area contributed by atoms with Gasteiger partial charge in [-0.05, 0) is 57.0 Å². The first-order valence-electron chi connectivity index (χ1n) is 9.43. The third-order valence-electron chi connectivity index (χ3n) is 4.48. The summed E-state index contributed by atoms with van der Waals surface area (Å²) < 4.78 is 15.5. The average molecular weight is 412 g/mol. The zero-order valence-corrected chi connectivity index (χ0v) is 17.4. The van der Waals surface area contributed by atoms with Gasteiger partial charge in [0.25, 0.3) is 5.91 Å². The number of hydrogen-bond donors (Lipinski definition) is 1. The highest BCUT2D eigenvalue weighted by Crippen LogP contribution is 2.32. The highest BCUT2D eigenvalue weighted by atomic mass is 16.7. The summed E-state index contributed by atoms with van der Waals surface area (Å²) in [5, 5.41) is 6.68. The molecule has 0 saturated heterocycles. The lowest BCUT2D eigenvalue weighted by molar-refractivity contribution is -0.151. The standard InChI is InChI=1S/C22H24N2O6/c1-13-7-14(2)22(15(3)8-13)23-20(25)10-27-21(26)11-30-24-16(4)17-5-6-18-19(9-17)29-12-28-18/h5-9H,10-12H2,1-4H3,(H,23,25)/b24-16-. The van der Waals surface area contributed by atoms with Gasteiger partial charge in [0.15, 0.2) is 18.1 Å². The fourth-order valence-corrected chi connectivity index (χ4v) is 3.10. The molecule has 1 aliphatic heterocycles. The van der Waals surface area contributed by atoms with Gasteiger partial charge in [0.1, 0.15) is 0 Å². The van der Waals surface area contributed by atoms with E-state index in [1.54, 1.807) is 19.1 Å². The number of rotatable bonds is 7. The Morgan fingerprint density at radius 1 is 1.03 bits per heavy atom. The monoisotopic (exact) mass is 412 g/mol. The second kappa shape index (κ2) is 9.30. The molecule has 0 saturated carbocycles. The van der Waals surface area contributed by atoms with Gasteiger partial charge in [-0.25, -0.2) is 4.79 Å². The molecule has 1 N–H and O–H groups in total. The Morgan fingerprint density at radius 2 is 1.73 bits per heavy atom. The lowest BCUT2D eigenvalue weighted by Gasteiger charge is -2.13. The molecule has 0 unspecified atom stereocenters. The first-order chi connectivity index (χ1) is 14.3. The second-order valence-corrected chi connectivity index (χ2v) is 7.00. The van der Waals surface area contributed by atoms with Crippen LogP contribution >= 0.6 is 0 Å². The highest BCUT2D eigenvalue weighted by Gasteiger charge is 2.15. The Balaban J connectivity index is 1.44. The van der Waals surface area contributed by atoms with E-state index in [2.05, 4.69) is 10.5 Å². The van der Waals surface area contributed by atoms with Crippen LogP contribution < -0.4 is 14.8 Å². The molecule has 0 spiro atoms. The third-order valence-corrected chi connectivity index (χ3v) is 4.48. The SMILES string of the molecule is C/C(=N/OCC(=O)OCC(=O)Nc1c(C)cc(C)cc1C)c1ccc2c(c1)OCO2. The van der Waals surface area contributed by atoms with Crippen molar-refractivity contribution in [2.45, 2.75) is 27.7 Å². The first kappa shape index (κ1) is 21.2. The minimum absolute atomic E-state index is 0.188. The number of nitrogens with zero attached hydrogens (tertiary/aromatic N) is 1. The van der Waals surface area contributed by atoms with Crippen molar-refractivity contribution in [3.8, 4) is 11.5 Å². The smallest absolute Gasteiger partial charge is 0.347 e. The quantitative estimate of drug-likeness (QED) is 0.426. The van der Waals surface area contributed by atoms with Gasteiger partial charge in [0, 0.05) is 11.3 Å². The molecule has 0 aromatic heterocycles. The molecule has 2 aromatic carbocycles. The number of ether oxygens (including phenoxy) is 3. The van der Waals surface area contributed by atoms with Gasteiger partial charge in [-0.1, -0.05) is 22.9 Å². The number of hydrogen-bond acceptors (Lipinski definition) is 7. The van der Waals surface area contributed by atoms with Gasteiger partial charge in [-0.15, -0.1) is 0 Å². The van der Waals surface area contributed by atoms with E-state index in [0.29, 0.717) is 17.2 Å². The summed E-state index contributed by atoms with van der Waals surface area (Å²) in [5.41, 5.74) is 5.07. The number of nitrogens with one attached hydrogen (secondary N) is 1. The zero-order valence-electron chi connectivity index (χ0n) is 17.4. The molecule has 1 aliphatic rings. The molecule has 0 radical (unpaired) electrons. The Hall–Kier alpha value is -3.55. The zero-order chi connectivity index (χ0) is 21.7. The lowest BCUT2D eigenvalue weighted by Crippen LogP contribution is -2.23. The molecule has 2 aromatic rings. The van der Waals surface area contributed by atoms with Crippen molar-refractivity contribution >= 4 is 23.3 Å². The van der Waals surface area contributed by atoms with E-state index < -0.39 is 25.1 Å². The number of esters is 1. The topological polar surface area (TPSA) is 95.5 Å². The van der Waals surface area contributed by atoms with Gasteiger partial charge >= 0.3 is 5.97 Å². The minimum Gasteiger partial charge on any atom is -0.454 e. The molecule has 1 amide bonds. The number of carbonyl (C=O) groups excluding carboxylic acids is 2. The van der Waals surface area contributed by atoms with Crippen molar-refractivity contribution in [1.29, 1.82) is 0 Å². The molecule has 0 atom stereocenters. The van der Waals surface area contributed by atoms with Crippen molar-refractivity contribution in [2.75, 3.05) is 25.3 Å². The summed E-state index contributed by atoms with van der Waals surface area (Å²) >= 11 is 0.